The quantitative estimate of drug-likeness (QED) is 0.718. The highest BCUT2D eigenvalue weighted by atomic mass is 79.9. The predicted octanol–water partition coefficient (Wildman–Crippen LogP) is 1.32. The predicted molar refractivity (Wildman–Crippen MR) is 73.9 cm³/mol. The van der Waals surface area contributed by atoms with E-state index in [-0.39, 0.29) is 19.1 Å². The van der Waals surface area contributed by atoms with Crippen LogP contribution in [-0.4, -0.2) is 34.9 Å². The SMILES string of the molecule is CC(CO)(CO)NC(=O)/C=C/c1cccc(Br)c1. The molecule has 1 amide bonds. The zero-order valence-electron chi connectivity index (χ0n) is 10.1. The van der Waals surface area contributed by atoms with Crippen LogP contribution < -0.4 is 5.32 Å². The Balaban J connectivity index is 2.65. The Kier molecular flexibility index (Phi) is 5.53. The first-order valence-corrected chi connectivity index (χ1v) is 6.26. The maximum absolute atomic E-state index is 11.6. The van der Waals surface area contributed by atoms with Crippen LogP contribution in [0.25, 0.3) is 6.08 Å². The van der Waals surface area contributed by atoms with Gasteiger partial charge in [0.25, 0.3) is 0 Å². The Hall–Kier alpha value is -1.17. The number of halogens is 1. The molecule has 3 N–H and O–H groups in total. The molecule has 0 spiro atoms. The summed E-state index contributed by atoms with van der Waals surface area (Å²) >= 11 is 3.34. The zero-order valence-corrected chi connectivity index (χ0v) is 11.6. The fraction of sp³-hybridized carbons (Fsp3) is 0.308. The highest BCUT2D eigenvalue weighted by Crippen LogP contribution is 2.12. The van der Waals surface area contributed by atoms with E-state index < -0.39 is 5.54 Å². The molecular formula is C13H16BrNO3. The summed E-state index contributed by atoms with van der Waals surface area (Å²) in [4.78, 5) is 11.6. The van der Waals surface area contributed by atoms with Gasteiger partial charge in [0.1, 0.15) is 0 Å². The van der Waals surface area contributed by atoms with Crippen molar-refractivity contribution >= 4 is 27.9 Å². The highest BCUT2D eigenvalue weighted by molar-refractivity contribution is 9.10. The van der Waals surface area contributed by atoms with Gasteiger partial charge in [0, 0.05) is 10.5 Å². The van der Waals surface area contributed by atoms with Crippen LogP contribution in [0.5, 0.6) is 0 Å². The molecule has 18 heavy (non-hydrogen) atoms. The van der Waals surface area contributed by atoms with Crippen molar-refractivity contribution < 1.29 is 15.0 Å². The monoisotopic (exact) mass is 313 g/mol. The minimum absolute atomic E-state index is 0.319. The van der Waals surface area contributed by atoms with E-state index in [4.69, 9.17) is 10.2 Å². The van der Waals surface area contributed by atoms with Gasteiger partial charge in [0.2, 0.25) is 5.91 Å². The normalized spacial score (nSPS) is 11.8. The molecule has 0 aliphatic rings. The van der Waals surface area contributed by atoms with Gasteiger partial charge in [-0.25, -0.2) is 0 Å². The molecule has 4 nitrogen and oxygen atoms in total. The van der Waals surface area contributed by atoms with Crippen molar-refractivity contribution in [3.8, 4) is 0 Å². The molecule has 0 fully saturated rings. The first kappa shape index (κ1) is 14.9. The van der Waals surface area contributed by atoms with Crippen molar-refractivity contribution in [2.75, 3.05) is 13.2 Å². The largest absolute Gasteiger partial charge is 0.394 e. The molecule has 0 unspecified atom stereocenters. The van der Waals surface area contributed by atoms with E-state index in [1.807, 2.05) is 24.3 Å². The van der Waals surface area contributed by atoms with Crippen LogP contribution >= 0.6 is 15.9 Å². The molecule has 0 bridgehead atoms. The van der Waals surface area contributed by atoms with Crippen LogP contribution in [0.2, 0.25) is 0 Å². The van der Waals surface area contributed by atoms with Gasteiger partial charge in [-0.3, -0.25) is 4.79 Å². The van der Waals surface area contributed by atoms with Crippen molar-refractivity contribution in [3.63, 3.8) is 0 Å². The van der Waals surface area contributed by atoms with Gasteiger partial charge in [-0.1, -0.05) is 28.1 Å². The smallest absolute Gasteiger partial charge is 0.244 e. The van der Waals surface area contributed by atoms with Crippen molar-refractivity contribution in [1.82, 2.24) is 5.32 Å². The third-order valence-electron chi connectivity index (χ3n) is 2.40. The number of aliphatic hydroxyl groups is 2. The summed E-state index contributed by atoms with van der Waals surface area (Å²) in [5.41, 5.74) is -0.118. The van der Waals surface area contributed by atoms with Crippen LogP contribution in [0.1, 0.15) is 12.5 Å². The average Bonchev–Trinajstić information content (AvgIpc) is 2.36. The number of carbonyl (C=O) groups excluding carboxylic acids is 1. The van der Waals surface area contributed by atoms with Crippen LogP contribution in [0.4, 0.5) is 0 Å². The standard InChI is InChI=1S/C13H16BrNO3/c1-13(8-16,9-17)15-12(18)6-5-10-3-2-4-11(14)7-10/h2-7,16-17H,8-9H2,1H3,(H,15,18)/b6-5+. The Morgan fingerprint density at radius 2 is 2.11 bits per heavy atom. The average molecular weight is 314 g/mol. The molecule has 5 heteroatoms. The lowest BCUT2D eigenvalue weighted by molar-refractivity contribution is -0.119. The summed E-state index contributed by atoms with van der Waals surface area (Å²) in [6.07, 6.45) is 3.03. The van der Waals surface area contributed by atoms with Crippen molar-refractivity contribution in [3.05, 3.63) is 40.4 Å². The molecule has 0 aromatic heterocycles. The molecule has 0 heterocycles. The second-order valence-electron chi connectivity index (χ2n) is 4.25. The lowest BCUT2D eigenvalue weighted by atomic mass is 10.1. The van der Waals surface area contributed by atoms with E-state index in [1.165, 1.54) is 6.08 Å². The number of benzene rings is 1. The molecule has 1 aromatic rings. The Morgan fingerprint density at radius 3 is 2.67 bits per heavy atom. The molecule has 0 atom stereocenters. The van der Waals surface area contributed by atoms with E-state index >= 15 is 0 Å². The number of hydrogen-bond donors (Lipinski definition) is 3. The van der Waals surface area contributed by atoms with Crippen molar-refractivity contribution in [2.24, 2.45) is 0 Å². The van der Waals surface area contributed by atoms with Crippen molar-refractivity contribution in [2.45, 2.75) is 12.5 Å². The van der Waals surface area contributed by atoms with Crippen LogP contribution in [0, 0.1) is 0 Å². The van der Waals surface area contributed by atoms with Gasteiger partial charge < -0.3 is 15.5 Å². The molecule has 98 valence electrons. The Bertz CT molecular complexity index is 442. The first-order valence-electron chi connectivity index (χ1n) is 5.46. The highest BCUT2D eigenvalue weighted by Gasteiger charge is 2.23. The van der Waals surface area contributed by atoms with E-state index in [2.05, 4.69) is 21.2 Å². The summed E-state index contributed by atoms with van der Waals surface area (Å²) in [6.45, 7) is 0.928. The number of rotatable bonds is 5. The third kappa shape index (κ3) is 4.60. The van der Waals surface area contributed by atoms with Gasteiger partial charge >= 0.3 is 0 Å². The number of carbonyl (C=O) groups is 1. The van der Waals surface area contributed by atoms with Crippen molar-refractivity contribution in [1.29, 1.82) is 0 Å². The van der Waals surface area contributed by atoms with Gasteiger partial charge in [-0.2, -0.15) is 0 Å². The maximum Gasteiger partial charge on any atom is 0.244 e. The summed E-state index contributed by atoms with van der Waals surface area (Å²) in [5.74, 6) is -0.361. The number of nitrogens with one attached hydrogen (secondary N) is 1. The lowest BCUT2D eigenvalue weighted by Crippen LogP contribution is -2.51. The summed E-state index contributed by atoms with van der Waals surface area (Å²) in [6, 6.07) is 7.51. The van der Waals surface area contributed by atoms with Crippen LogP contribution in [-0.2, 0) is 4.79 Å². The van der Waals surface area contributed by atoms with Gasteiger partial charge in [0.15, 0.2) is 0 Å². The van der Waals surface area contributed by atoms with Gasteiger partial charge in [-0.15, -0.1) is 0 Å². The summed E-state index contributed by atoms with van der Waals surface area (Å²) < 4.78 is 0.931. The molecule has 1 aromatic carbocycles. The van der Waals surface area contributed by atoms with Gasteiger partial charge in [0.05, 0.1) is 18.8 Å². The second kappa shape index (κ2) is 6.68. The number of amides is 1. The molecule has 0 radical (unpaired) electrons. The zero-order chi connectivity index (χ0) is 13.6. The maximum atomic E-state index is 11.6. The van der Waals surface area contributed by atoms with Crippen LogP contribution in [0.3, 0.4) is 0 Å². The fourth-order valence-electron chi connectivity index (χ4n) is 1.25. The molecule has 0 saturated heterocycles. The number of aliphatic hydroxyl groups excluding tert-OH is 2. The van der Waals surface area contributed by atoms with E-state index in [0.717, 1.165) is 10.0 Å². The Morgan fingerprint density at radius 1 is 1.44 bits per heavy atom. The lowest BCUT2D eigenvalue weighted by Gasteiger charge is -2.25. The Labute approximate surface area is 114 Å². The fourth-order valence-corrected chi connectivity index (χ4v) is 1.67. The molecule has 0 aliphatic heterocycles. The molecule has 1 rings (SSSR count). The van der Waals surface area contributed by atoms with E-state index in [1.54, 1.807) is 13.0 Å². The van der Waals surface area contributed by atoms with Gasteiger partial charge in [-0.05, 0) is 30.7 Å². The second-order valence-corrected chi connectivity index (χ2v) is 5.17. The van der Waals surface area contributed by atoms with E-state index in [9.17, 15) is 4.79 Å². The molecular weight excluding hydrogens is 298 g/mol. The molecule has 0 saturated carbocycles. The van der Waals surface area contributed by atoms with E-state index in [0.29, 0.717) is 0 Å². The molecule has 0 aliphatic carbocycles. The number of hydrogen-bond acceptors (Lipinski definition) is 3. The van der Waals surface area contributed by atoms with Crippen LogP contribution in [0.15, 0.2) is 34.8 Å². The minimum atomic E-state index is -1.00. The first-order chi connectivity index (χ1) is 8.49. The third-order valence-corrected chi connectivity index (χ3v) is 2.89. The topological polar surface area (TPSA) is 69.6 Å². The summed E-state index contributed by atoms with van der Waals surface area (Å²) in [5, 5.41) is 20.6. The minimum Gasteiger partial charge on any atom is -0.394 e. The summed E-state index contributed by atoms with van der Waals surface area (Å²) in [7, 11) is 0.